The summed E-state index contributed by atoms with van der Waals surface area (Å²) < 4.78 is 38.7. The van der Waals surface area contributed by atoms with Gasteiger partial charge in [0.05, 0.1) is 22.4 Å². The molecule has 0 saturated heterocycles. The first kappa shape index (κ1) is 18.5. The highest BCUT2D eigenvalue weighted by Crippen LogP contribution is 2.30. The van der Waals surface area contributed by atoms with Gasteiger partial charge in [0.15, 0.2) is 11.5 Å². The minimum atomic E-state index is -3.95. The van der Waals surface area contributed by atoms with Gasteiger partial charge in [0.1, 0.15) is 6.33 Å². The van der Waals surface area contributed by atoms with Crippen LogP contribution in [0.1, 0.15) is 39.5 Å². The van der Waals surface area contributed by atoms with Crippen LogP contribution in [0.25, 0.3) is 16.9 Å². The zero-order chi connectivity index (χ0) is 21.7. The van der Waals surface area contributed by atoms with Crippen LogP contribution < -0.4 is 10.5 Å². The van der Waals surface area contributed by atoms with E-state index < -0.39 is 21.6 Å². The van der Waals surface area contributed by atoms with E-state index in [-0.39, 0.29) is 23.6 Å². The summed E-state index contributed by atoms with van der Waals surface area (Å²) in [6.07, 6.45) is 4.08. The van der Waals surface area contributed by atoms with E-state index in [1.165, 1.54) is 16.9 Å². The Kier molecular flexibility index (Phi) is 4.49. The van der Waals surface area contributed by atoms with Crippen LogP contribution in [0.4, 0.5) is 5.82 Å². The quantitative estimate of drug-likeness (QED) is 0.587. The Morgan fingerprint density at radius 3 is 2.79 bits per heavy atom. The summed E-state index contributed by atoms with van der Waals surface area (Å²) in [6, 6.07) is 3.41. The zero-order valence-corrected chi connectivity index (χ0v) is 17.1. The second kappa shape index (κ2) is 7.05. The Bertz CT molecular complexity index is 1210. The first-order valence-electron chi connectivity index (χ1n) is 9.81. The van der Waals surface area contributed by atoms with E-state index in [9.17, 15) is 13.5 Å². The second-order valence-corrected chi connectivity index (χ2v) is 9.39. The number of nitrogen functional groups attached to an aromatic ring is 1. The number of nitrogens with one attached hydrogen (secondary N) is 1. The van der Waals surface area contributed by atoms with Gasteiger partial charge in [-0.3, -0.25) is 0 Å². The molecule has 2 aromatic heterocycles. The second-order valence-electron chi connectivity index (χ2n) is 7.71. The summed E-state index contributed by atoms with van der Waals surface area (Å²) in [4.78, 5) is 8.20. The topological polar surface area (TPSA) is 136 Å². The predicted molar refractivity (Wildman–Crippen MR) is 109 cm³/mol. The van der Waals surface area contributed by atoms with E-state index in [4.69, 9.17) is 7.10 Å². The maximum Gasteiger partial charge on any atom is 0.240 e. The van der Waals surface area contributed by atoms with Crippen LogP contribution >= 0.6 is 0 Å². The lowest BCUT2D eigenvalue weighted by Gasteiger charge is -2.33. The van der Waals surface area contributed by atoms with Crippen molar-refractivity contribution in [1.82, 2.24) is 24.3 Å². The largest absolute Gasteiger partial charge is 0.390 e. The van der Waals surface area contributed by atoms with Crippen molar-refractivity contribution in [2.45, 2.75) is 56.0 Å². The molecule has 0 amide bonds. The van der Waals surface area contributed by atoms with Crippen molar-refractivity contribution in [3.8, 4) is 11.3 Å². The number of hydrogen-bond donors (Lipinski definition) is 3. The van der Waals surface area contributed by atoms with Gasteiger partial charge >= 0.3 is 0 Å². The molecule has 4 N–H and O–H groups in total. The fourth-order valence-corrected chi connectivity index (χ4v) is 4.73. The molecule has 0 spiro atoms. The van der Waals surface area contributed by atoms with Gasteiger partial charge in [-0.05, 0) is 57.2 Å². The van der Waals surface area contributed by atoms with Crippen molar-refractivity contribution < 1.29 is 14.9 Å². The van der Waals surface area contributed by atoms with Crippen molar-refractivity contribution in [3.05, 3.63) is 36.3 Å². The number of fused-ring (bicyclic) bond motifs is 1. The first-order valence-corrected chi connectivity index (χ1v) is 10.8. The number of aromatic nitrogens is 4. The number of nitrogens with two attached hydrogens (primary N) is 1. The molecule has 9 nitrogen and oxygen atoms in total. The molecule has 0 aliphatic heterocycles. The summed E-state index contributed by atoms with van der Waals surface area (Å²) in [5.74, 6) is 0.226. The van der Waals surface area contributed by atoms with E-state index in [0.29, 0.717) is 29.7 Å². The van der Waals surface area contributed by atoms with Crippen LogP contribution in [0.5, 0.6) is 0 Å². The molecule has 1 aliphatic rings. The van der Waals surface area contributed by atoms with Gasteiger partial charge in [0.25, 0.3) is 0 Å². The zero-order valence-electron chi connectivity index (χ0n) is 17.3. The third-order valence-corrected chi connectivity index (χ3v) is 6.77. The van der Waals surface area contributed by atoms with Crippen molar-refractivity contribution in [3.63, 3.8) is 0 Å². The van der Waals surface area contributed by atoms with Crippen LogP contribution in [0, 0.1) is 6.92 Å². The van der Waals surface area contributed by atoms with E-state index >= 15 is 0 Å². The summed E-state index contributed by atoms with van der Waals surface area (Å²) in [6.45, 7) is 3.57. The van der Waals surface area contributed by atoms with Crippen LogP contribution in [-0.2, 0) is 10.0 Å². The lowest BCUT2D eigenvalue weighted by molar-refractivity contribution is 0.0163. The smallest absolute Gasteiger partial charge is 0.240 e. The maximum absolute atomic E-state index is 13.1. The number of aryl methyl sites for hydroxylation is 1. The fraction of sp³-hybridized carbons (Fsp3) is 0.421. The monoisotopic (exact) mass is 417 g/mol. The summed E-state index contributed by atoms with van der Waals surface area (Å²) >= 11 is 0. The number of sulfonamides is 1. The van der Waals surface area contributed by atoms with E-state index in [1.54, 1.807) is 25.3 Å². The molecular weight excluding hydrogens is 392 g/mol. The average Bonchev–Trinajstić information content (AvgIpc) is 3.10. The van der Waals surface area contributed by atoms with Gasteiger partial charge < -0.3 is 10.8 Å². The Hall–Kier alpha value is -2.56. The minimum absolute atomic E-state index is 0.0454. The average molecular weight is 418 g/mol. The van der Waals surface area contributed by atoms with Gasteiger partial charge in [-0.1, -0.05) is 6.07 Å². The third kappa shape index (κ3) is 3.83. The fourth-order valence-electron chi connectivity index (χ4n) is 3.50. The number of hydrogen-bond acceptors (Lipinski definition) is 7. The molecule has 1 aliphatic carbocycles. The van der Waals surface area contributed by atoms with Crippen molar-refractivity contribution >= 4 is 21.5 Å². The number of anilines is 1. The van der Waals surface area contributed by atoms with Gasteiger partial charge in [-0.25, -0.2) is 27.6 Å². The molecule has 1 saturated carbocycles. The van der Waals surface area contributed by atoms with Crippen LogP contribution in [-0.4, -0.2) is 44.7 Å². The number of rotatable bonds is 4. The van der Waals surface area contributed by atoms with Gasteiger partial charge in [-0.2, -0.15) is 5.10 Å². The molecule has 2 heterocycles. The SMILES string of the molecule is [2H][C@]1(NS(=O)(=O)c2ccc(C)c(-c3cnc4c(N)ncnn34)c2)CC[C@@](C)(O)CC1. The van der Waals surface area contributed by atoms with Gasteiger partial charge in [-0.15, -0.1) is 0 Å². The van der Waals surface area contributed by atoms with Crippen LogP contribution in [0.2, 0.25) is 0 Å². The van der Waals surface area contributed by atoms with Crippen LogP contribution in [0.3, 0.4) is 0 Å². The molecule has 0 radical (unpaired) electrons. The summed E-state index contributed by atoms with van der Waals surface area (Å²) in [5.41, 5.74) is 7.42. The van der Waals surface area contributed by atoms with Crippen molar-refractivity contribution in [2.75, 3.05) is 5.73 Å². The molecule has 154 valence electrons. The van der Waals surface area contributed by atoms with Crippen molar-refractivity contribution in [1.29, 1.82) is 0 Å². The standard InChI is InChI=1S/C19H24N6O3S/c1-12-3-4-14(29(27,28)24-13-5-7-19(2,26)8-6-13)9-15(12)16-10-21-18-17(20)22-11-23-25(16)18/h3-4,9-11,13,24,26H,5-8H2,1-2H3,(H2,20,22,23)/t13-,19+/i13D. The molecule has 29 heavy (non-hydrogen) atoms. The highest BCUT2D eigenvalue weighted by molar-refractivity contribution is 7.89. The highest BCUT2D eigenvalue weighted by Gasteiger charge is 2.31. The number of benzene rings is 1. The molecule has 1 aromatic carbocycles. The lowest BCUT2D eigenvalue weighted by atomic mass is 9.84. The molecule has 4 rings (SSSR count). The van der Waals surface area contributed by atoms with Crippen molar-refractivity contribution in [2.24, 2.45) is 0 Å². The van der Waals surface area contributed by atoms with Crippen LogP contribution in [0.15, 0.2) is 35.6 Å². The molecule has 0 unspecified atom stereocenters. The Morgan fingerprint density at radius 1 is 1.34 bits per heavy atom. The molecule has 3 aromatic rings. The predicted octanol–water partition coefficient (Wildman–Crippen LogP) is 1.65. The number of imidazole rings is 1. The molecule has 10 heteroatoms. The highest BCUT2D eigenvalue weighted by atomic mass is 32.2. The molecule has 1 fully saturated rings. The molecular formula is C19H24N6O3S. The van der Waals surface area contributed by atoms with E-state index in [2.05, 4.69) is 19.8 Å². The maximum atomic E-state index is 13.1. The third-order valence-electron chi connectivity index (χ3n) is 5.34. The Morgan fingerprint density at radius 2 is 2.07 bits per heavy atom. The molecule has 0 bridgehead atoms. The Labute approximate surface area is 170 Å². The number of nitrogens with zero attached hydrogens (tertiary/aromatic N) is 4. The Balaban J connectivity index is 1.70. The summed E-state index contributed by atoms with van der Waals surface area (Å²) in [5, 5.41) is 14.3. The molecule has 0 atom stereocenters. The normalized spacial score (nSPS) is 25.8. The summed E-state index contributed by atoms with van der Waals surface area (Å²) in [7, 11) is -3.95. The van der Waals surface area contributed by atoms with Gasteiger partial charge in [0.2, 0.25) is 10.0 Å². The van der Waals surface area contributed by atoms with E-state index in [0.717, 1.165) is 5.56 Å². The number of aliphatic hydroxyl groups is 1. The van der Waals surface area contributed by atoms with Gasteiger partial charge in [0, 0.05) is 13.0 Å². The first-order chi connectivity index (χ1) is 14.0. The minimum Gasteiger partial charge on any atom is -0.390 e. The van der Waals surface area contributed by atoms with E-state index in [1.807, 2.05) is 6.92 Å². The lowest BCUT2D eigenvalue weighted by Crippen LogP contribution is -2.42.